The van der Waals surface area contributed by atoms with Crippen molar-refractivity contribution in [1.29, 1.82) is 0 Å². The number of likely N-dealkylation sites (N-methyl/N-ethyl adjacent to an activating group) is 1. The van der Waals surface area contributed by atoms with Crippen LogP contribution in [0, 0.1) is 0 Å². The molecule has 0 saturated heterocycles. The van der Waals surface area contributed by atoms with E-state index >= 15 is 0 Å². The first-order valence-corrected chi connectivity index (χ1v) is 25.0. The maximum absolute atomic E-state index is 7.68. The van der Waals surface area contributed by atoms with Crippen LogP contribution in [-0.2, 0) is 21.4 Å². The predicted molar refractivity (Wildman–Crippen MR) is 154 cm³/mol. The van der Waals surface area contributed by atoms with Gasteiger partial charge in [-0.3, -0.25) is 0 Å². The standard InChI is InChI=1S/C16H11BrN.C13H9.2ClH.H2S.Zr/c1-18-15-5-3-2-4-13(15)14-9-10-8-11(17)6-7-12(10)16(14)18;1-3-7-12-10(5-1)9-11-6-2-4-8-13(11)12;;;;/h2-4,6-9,16H,1H3;1-5,7-8H,9H2;2*1H;1H2;/q;;;;;+3/p-3. The molecule has 4 aromatic carbocycles. The van der Waals surface area contributed by atoms with E-state index < -0.39 is 14.9 Å². The van der Waals surface area contributed by atoms with Gasteiger partial charge in [0.1, 0.15) is 0 Å². The van der Waals surface area contributed by atoms with E-state index in [0.717, 1.165) is 23.1 Å². The number of rotatable bonds is 2. The fourth-order valence-electron chi connectivity index (χ4n) is 6.31. The van der Waals surface area contributed by atoms with E-state index in [1.54, 1.807) is 0 Å². The number of benzene rings is 4. The van der Waals surface area contributed by atoms with Gasteiger partial charge in [0.2, 0.25) is 0 Å². The van der Waals surface area contributed by atoms with Gasteiger partial charge in [0.05, 0.1) is 0 Å². The Kier molecular flexibility index (Phi) is 4.98. The molecule has 0 bridgehead atoms. The average molecular weight is 658 g/mol. The number of fused-ring (bicyclic) bond motifs is 8. The van der Waals surface area contributed by atoms with Gasteiger partial charge in [-0.25, -0.2) is 0 Å². The van der Waals surface area contributed by atoms with Crippen molar-refractivity contribution in [2.24, 2.45) is 0 Å². The van der Waals surface area contributed by atoms with Crippen LogP contribution < -0.4 is 11.4 Å². The van der Waals surface area contributed by atoms with E-state index in [2.05, 4.69) is 113 Å². The van der Waals surface area contributed by atoms with E-state index in [9.17, 15) is 0 Å². The summed E-state index contributed by atoms with van der Waals surface area (Å²) in [6.07, 6.45) is 3.14. The zero-order valence-corrected chi connectivity index (χ0v) is 25.3. The van der Waals surface area contributed by atoms with Crippen LogP contribution in [0.5, 0.6) is 0 Å². The Bertz CT molecular complexity index is 1620. The van der Waals surface area contributed by atoms with Crippen molar-refractivity contribution in [1.82, 2.24) is 0 Å². The molecule has 0 radical (unpaired) electrons. The summed E-state index contributed by atoms with van der Waals surface area (Å²) in [7, 11) is 22.8. The molecule has 7 rings (SSSR count). The van der Waals surface area contributed by atoms with Gasteiger partial charge in [-0.1, -0.05) is 0 Å². The van der Waals surface area contributed by atoms with Crippen molar-refractivity contribution in [2.45, 2.75) is 12.5 Å². The molecule has 4 aromatic rings. The molecule has 0 amide bonds. The molecule has 1 heterocycles. The van der Waals surface area contributed by atoms with Crippen LogP contribution in [-0.4, -0.2) is 7.05 Å². The Labute approximate surface area is 225 Å². The SMILES string of the molecule is CN1c2c(ccc[c]2[Zr]([SH])([Cl])([Cl])[c]2cccc3c2Cc2ccccc2-3)C2=Cc3cc(Br)ccc3C21. The Morgan fingerprint density at radius 2 is 1.60 bits per heavy atom. The number of hydrogen-bond acceptors (Lipinski definition) is 2. The second kappa shape index (κ2) is 7.62. The van der Waals surface area contributed by atoms with Gasteiger partial charge in [-0.2, -0.15) is 0 Å². The molecule has 3 aliphatic rings. The minimum absolute atomic E-state index is 0.160. The molecular formula is C29H21BrCl2NSZr. The number of thiol groups is 1. The second-order valence-corrected chi connectivity index (χ2v) is 36.5. The predicted octanol–water partition coefficient (Wildman–Crippen LogP) is 7.86. The van der Waals surface area contributed by atoms with Gasteiger partial charge in [0.25, 0.3) is 0 Å². The number of nitrogens with zero attached hydrogens (tertiary/aromatic N) is 1. The van der Waals surface area contributed by atoms with E-state index in [1.807, 2.05) is 0 Å². The maximum atomic E-state index is 7.68. The van der Waals surface area contributed by atoms with E-state index in [4.69, 9.17) is 26.4 Å². The summed E-state index contributed by atoms with van der Waals surface area (Å²) in [5, 5.41) is 0. The summed E-state index contributed by atoms with van der Waals surface area (Å²) in [6.45, 7) is 0. The van der Waals surface area contributed by atoms with Crippen LogP contribution in [0.4, 0.5) is 5.69 Å². The fourth-order valence-corrected chi connectivity index (χ4v) is 19.0. The molecule has 1 atom stereocenters. The Morgan fingerprint density at radius 3 is 2.43 bits per heavy atom. The summed E-state index contributed by atoms with van der Waals surface area (Å²) in [4.78, 5) is 2.35. The summed E-state index contributed by atoms with van der Waals surface area (Å²) < 4.78 is 3.12. The van der Waals surface area contributed by atoms with Crippen molar-refractivity contribution in [3.05, 3.63) is 111 Å². The Hall–Kier alpha value is -1.29. The molecule has 0 N–H and O–H groups in total. The first-order valence-electron chi connectivity index (χ1n) is 11.6. The van der Waals surface area contributed by atoms with Crippen molar-refractivity contribution in [3.63, 3.8) is 0 Å². The molecule has 2 aliphatic carbocycles. The molecule has 0 fully saturated rings. The first kappa shape index (κ1) is 22.9. The zero-order valence-electron chi connectivity index (χ0n) is 18.9. The number of anilines is 1. The topological polar surface area (TPSA) is 3.24 Å². The van der Waals surface area contributed by atoms with Gasteiger partial charge in [-0.15, -0.1) is 0 Å². The van der Waals surface area contributed by atoms with Gasteiger partial charge >= 0.3 is 228 Å². The van der Waals surface area contributed by atoms with Gasteiger partial charge in [0.15, 0.2) is 0 Å². The second-order valence-electron chi connectivity index (χ2n) is 9.72. The number of halogens is 3. The molecular weight excluding hydrogens is 636 g/mol. The fraction of sp³-hybridized carbons (Fsp3) is 0.103. The van der Waals surface area contributed by atoms with Crippen molar-refractivity contribution in [2.75, 3.05) is 11.9 Å². The molecule has 1 unspecified atom stereocenters. The van der Waals surface area contributed by atoms with Crippen LogP contribution in [0.2, 0.25) is 0 Å². The molecule has 0 spiro atoms. The quantitative estimate of drug-likeness (QED) is 0.189. The molecule has 1 aliphatic heterocycles. The minimum atomic E-state index is -4.98. The molecule has 6 heteroatoms. The van der Waals surface area contributed by atoms with Crippen molar-refractivity contribution >= 4 is 66.2 Å². The summed E-state index contributed by atoms with van der Waals surface area (Å²) >= 11 is -1.36. The first-order chi connectivity index (χ1) is 16.7. The van der Waals surface area contributed by atoms with Gasteiger partial charge in [0, 0.05) is 0 Å². The average Bonchev–Trinajstić information content (AvgIpc) is 3.48. The van der Waals surface area contributed by atoms with Crippen molar-refractivity contribution in [3.8, 4) is 11.1 Å². The van der Waals surface area contributed by atoms with E-state index in [0.29, 0.717) is 0 Å². The normalized spacial score (nSPS) is 18.2. The van der Waals surface area contributed by atoms with Crippen LogP contribution in [0.1, 0.15) is 33.9 Å². The van der Waals surface area contributed by atoms with Crippen LogP contribution >= 0.6 is 42.3 Å². The third-order valence-electron chi connectivity index (χ3n) is 7.80. The molecule has 0 aromatic heterocycles. The number of hydrogen-bond donors (Lipinski definition) is 1. The zero-order chi connectivity index (χ0) is 24.1. The summed E-state index contributed by atoms with van der Waals surface area (Å²) in [5.41, 5.74) is 11.2. The van der Waals surface area contributed by atoms with Crippen LogP contribution in [0.25, 0.3) is 22.8 Å². The van der Waals surface area contributed by atoms with E-state index in [1.165, 1.54) is 44.5 Å². The molecule has 1 nitrogen and oxygen atoms in total. The summed E-state index contributed by atoms with van der Waals surface area (Å²) in [5.74, 6) is 0. The molecule has 35 heavy (non-hydrogen) atoms. The third-order valence-corrected chi connectivity index (χ3v) is 22.6. The van der Waals surface area contributed by atoms with Gasteiger partial charge < -0.3 is 0 Å². The van der Waals surface area contributed by atoms with Crippen molar-refractivity contribution < 1.29 is 14.9 Å². The van der Waals surface area contributed by atoms with Crippen LogP contribution in [0.15, 0.2) is 83.3 Å². The summed E-state index contributed by atoms with van der Waals surface area (Å²) in [6, 6.07) is 28.0. The van der Waals surface area contributed by atoms with Crippen LogP contribution in [0.3, 0.4) is 0 Å². The Morgan fingerprint density at radius 1 is 0.886 bits per heavy atom. The van der Waals surface area contributed by atoms with Gasteiger partial charge in [-0.05, 0) is 0 Å². The number of para-hydroxylation sites is 1. The molecule has 173 valence electrons. The van der Waals surface area contributed by atoms with E-state index in [-0.39, 0.29) is 6.04 Å². The molecule has 0 saturated carbocycles. The monoisotopic (exact) mass is 654 g/mol. The Balaban J connectivity index is 1.43. The third kappa shape index (κ3) is 3.17.